The average molecular weight is 269 g/mol. The molecule has 1 unspecified atom stereocenters. The highest BCUT2D eigenvalue weighted by Gasteiger charge is 2.29. The first-order valence-corrected chi connectivity index (χ1v) is 6.31. The van der Waals surface area contributed by atoms with E-state index in [4.69, 9.17) is 0 Å². The van der Waals surface area contributed by atoms with Crippen LogP contribution in [0.5, 0.6) is 0 Å². The number of pyridine rings is 1. The predicted octanol–water partition coefficient (Wildman–Crippen LogP) is 1.57. The van der Waals surface area contributed by atoms with E-state index in [1.54, 1.807) is 0 Å². The van der Waals surface area contributed by atoms with E-state index >= 15 is 0 Å². The van der Waals surface area contributed by atoms with Crippen LogP contribution in [0.15, 0.2) is 12.3 Å². The van der Waals surface area contributed by atoms with Crippen LogP contribution >= 0.6 is 0 Å². The molecular weight excluding hydrogens is 252 g/mol. The third kappa shape index (κ3) is 3.26. The summed E-state index contributed by atoms with van der Waals surface area (Å²) >= 11 is 0. The molecule has 1 amide bonds. The van der Waals surface area contributed by atoms with Crippen LogP contribution in [0.1, 0.15) is 30.1 Å². The number of carbonyl (C=O) groups excluding carboxylic acids is 1. The van der Waals surface area contributed by atoms with Crippen molar-refractivity contribution in [2.24, 2.45) is 0 Å². The van der Waals surface area contributed by atoms with Gasteiger partial charge in [0.15, 0.2) is 5.82 Å². The average Bonchev–Trinajstić information content (AvgIpc) is 3.22. The molecule has 0 radical (unpaired) electrons. The first-order valence-electron chi connectivity index (χ1n) is 6.31. The minimum absolute atomic E-state index is 0.159. The molecule has 1 aromatic heterocycles. The summed E-state index contributed by atoms with van der Waals surface area (Å²) in [7, 11) is 2.00. The molecule has 1 atom stereocenters. The summed E-state index contributed by atoms with van der Waals surface area (Å²) in [6.45, 7) is 2.39. The van der Waals surface area contributed by atoms with Gasteiger partial charge in [-0.1, -0.05) is 0 Å². The van der Waals surface area contributed by atoms with Crippen molar-refractivity contribution < 1.29 is 13.6 Å². The zero-order valence-electron chi connectivity index (χ0n) is 11.0. The molecule has 0 bridgehead atoms. The fourth-order valence-corrected chi connectivity index (χ4v) is 1.91. The van der Waals surface area contributed by atoms with Gasteiger partial charge >= 0.3 is 0 Å². The number of aromatic nitrogens is 1. The molecule has 19 heavy (non-hydrogen) atoms. The number of amides is 1. The van der Waals surface area contributed by atoms with E-state index in [-0.39, 0.29) is 11.6 Å². The van der Waals surface area contributed by atoms with Crippen LogP contribution in [-0.4, -0.2) is 41.5 Å². The van der Waals surface area contributed by atoms with Crippen LogP contribution in [-0.2, 0) is 0 Å². The monoisotopic (exact) mass is 269 g/mol. The molecule has 1 aromatic rings. The topological polar surface area (TPSA) is 45.2 Å². The fraction of sp³-hybridized carbons (Fsp3) is 0.538. The number of nitrogens with one attached hydrogen (secondary N) is 1. The Morgan fingerprint density at radius 2 is 2.26 bits per heavy atom. The van der Waals surface area contributed by atoms with Crippen molar-refractivity contribution in [2.45, 2.75) is 31.8 Å². The second-order valence-corrected chi connectivity index (χ2v) is 4.92. The van der Waals surface area contributed by atoms with E-state index in [2.05, 4.69) is 15.2 Å². The SMILES string of the molecule is CC(CNC(=O)c1ccnc(F)c1F)N(C)C1CC1. The van der Waals surface area contributed by atoms with Crippen LogP contribution in [0.25, 0.3) is 0 Å². The smallest absolute Gasteiger partial charge is 0.254 e. The molecule has 0 aromatic carbocycles. The molecule has 1 fully saturated rings. The first kappa shape index (κ1) is 13.9. The third-order valence-electron chi connectivity index (χ3n) is 3.47. The molecule has 1 N–H and O–H groups in total. The Balaban J connectivity index is 1.92. The molecule has 6 heteroatoms. The summed E-state index contributed by atoms with van der Waals surface area (Å²) in [5.41, 5.74) is -0.311. The largest absolute Gasteiger partial charge is 0.350 e. The van der Waals surface area contributed by atoms with Gasteiger partial charge in [0.25, 0.3) is 5.91 Å². The van der Waals surface area contributed by atoms with Gasteiger partial charge in [0, 0.05) is 24.8 Å². The lowest BCUT2D eigenvalue weighted by molar-refractivity contribution is 0.0934. The second kappa shape index (κ2) is 5.61. The van der Waals surface area contributed by atoms with E-state index < -0.39 is 17.7 Å². The molecule has 0 spiro atoms. The van der Waals surface area contributed by atoms with Gasteiger partial charge in [-0.15, -0.1) is 0 Å². The highest BCUT2D eigenvalue weighted by Crippen LogP contribution is 2.26. The van der Waals surface area contributed by atoms with Crippen LogP contribution < -0.4 is 5.32 Å². The summed E-state index contributed by atoms with van der Waals surface area (Å²) in [6, 6.07) is 1.91. The van der Waals surface area contributed by atoms with Crippen LogP contribution in [0.3, 0.4) is 0 Å². The second-order valence-electron chi connectivity index (χ2n) is 4.92. The van der Waals surface area contributed by atoms with Crippen molar-refractivity contribution >= 4 is 5.91 Å². The number of hydrogen-bond donors (Lipinski definition) is 1. The van der Waals surface area contributed by atoms with Gasteiger partial charge < -0.3 is 5.32 Å². The molecular formula is C13H17F2N3O. The Bertz CT molecular complexity index is 477. The third-order valence-corrected chi connectivity index (χ3v) is 3.47. The summed E-state index contributed by atoms with van der Waals surface area (Å²) in [4.78, 5) is 17.1. The van der Waals surface area contributed by atoms with Crippen LogP contribution in [0.2, 0.25) is 0 Å². The molecule has 1 aliphatic carbocycles. The van der Waals surface area contributed by atoms with Gasteiger partial charge in [-0.25, -0.2) is 9.37 Å². The zero-order chi connectivity index (χ0) is 14.0. The lowest BCUT2D eigenvalue weighted by Gasteiger charge is -2.24. The Morgan fingerprint density at radius 3 is 2.89 bits per heavy atom. The first-order chi connectivity index (χ1) is 9.00. The Kier molecular flexibility index (Phi) is 4.09. The molecule has 1 saturated carbocycles. The summed E-state index contributed by atoms with van der Waals surface area (Å²) in [5, 5.41) is 2.62. The number of halogens is 2. The molecule has 1 aliphatic rings. The molecule has 0 aliphatic heterocycles. The quantitative estimate of drug-likeness (QED) is 0.825. The molecule has 2 rings (SSSR count). The summed E-state index contributed by atoms with van der Waals surface area (Å²) < 4.78 is 26.3. The van der Waals surface area contributed by atoms with Gasteiger partial charge in [0.05, 0.1) is 5.56 Å². The number of carbonyl (C=O) groups is 1. The summed E-state index contributed by atoms with van der Waals surface area (Å²) in [5.74, 6) is -3.08. The van der Waals surface area contributed by atoms with Gasteiger partial charge in [-0.2, -0.15) is 4.39 Å². The highest BCUT2D eigenvalue weighted by molar-refractivity contribution is 5.94. The Morgan fingerprint density at radius 1 is 1.58 bits per heavy atom. The number of hydrogen-bond acceptors (Lipinski definition) is 3. The standard InChI is InChI=1S/C13H17F2N3O/c1-8(18(2)9-3-4-9)7-17-13(19)10-5-6-16-12(15)11(10)14/h5-6,8-9H,3-4,7H2,1-2H3,(H,17,19). The lowest BCUT2D eigenvalue weighted by atomic mass is 10.2. The highest BCUT2D eigenvalue weighted by atomic mass is 19.2. The van der Waals surface area contributed by atoms with Gasteiger partial charge in [-0.05, 0) is 32.9 Å². The molecule has 1 heterocycles. The van der Waals surface area contributed by atoms with E-state index in [0.717, 1.165) is 6.20 Å². The number of nitrogens with zero attached hydrogens (tertiary/aromatic N) is 2. The minimum atomic E-state index is -1.25. The van der Waals surface area contributed by atoms with Gasteiger partial charge in [0.2, 0.25) is 5.95 Å². The maximum Gasteiger partial charge on any atom is 0.254 e. The van der Waals surface area contributed by atoms with Crippen LogP contribution in [0.4, 0.5) is 8.78 Å². The van der Waals surface area contributed by atoms with E-state index in [0.29, 0.717) is 12.6 Å². The lowest BCUT2D eigenvalue weighted by Crippen LogP contribution is -2.41. The van der Waals surface area contributed by atoms with E-state index in [1.165, 1.54) is 18.9 Å². The minimum Gasteiger partial charge on any atom is -0.350 e. The predicted molar refractivity (Wildman–Crippen MR) is 66.7 cm³/mol. The number of rotatable bonds is 5. The summed E-state index contributed by atoms with van der Waals surface area (Å²) in [6.07, 6.45) is 3.44. The van der Waals surface area contributed by atoms with Gasteiger partial charge in [0.1, 0.15) is 0 Å². The van der Waals surface area contributed by atoms with Crippen molar-refractivity contribution in [2.75, 3.05) is 13.6 Å². The normalized spacial score (nSPS) is 16.5. The van der Waals surface area contributed by atoms with Crippen molar-refractivity contribution in [3.63, 3.8) is 0 Å². The molecule has 104 valence electrons. The van der Waals surface area contributed by atoms with Crippen LogP contribution in [0, 0.1) is 11.8 Å². The van der Waals surface area contributed by atoms with E-state index in [9.17, 15) is 13.6 Å². The van der Waals surface area contributed by atoms with Crippen molar-refractivity contribution in [3.8, 4) is 0 Å². The molecule has 0 saturated heterocycles. The maximum absolute atomic E-state index is 13.4. The van der Waals surface area contributed by atoms with Gasteiger partial charge in [-0.3, -0.25) is 9.69 Å². The zero-order valence-corrected chi connectivity index (χ0v) is 11.0. The fourth-order valence-electron chi connectivity index (χ4n) is 1.91. The number of likely N-dealkylation sites (N-methyl/N-ethyl adjacent to an activating group) is 1. The van der Waals surface area contributed by atoms with Crippen molar-refractivity contribution in [1.29, 1.82) is 0 Å². The molecule has 4 nitrogen and oxygen atoms in total. The maximum atomic E-state index is 13.4. The van der Waals surface area contributed by atoms with E-state index in [1.807, 2.05) is 14.0 Å². The van der Waals surface area contributed by atoms with Crippen molar-refractivity contribution in [1.82, 2.24) is 15.2 Å². The van der Waals surface area contributed by atoms with Crippen molar-refractivity contribution in [3.05, 3.63) is 29.6 Å². The Hall–Kier alpha value is -1.56. The Labute approximate surface area is 110 Å².